The van der Waals surface area contributed by atoms with Crippen LogP contribution >= 0.6 is 0 Å². The number of rotatable bonds is 4. The first kappa shape index (κ1) is 15.6. The lowest BCUT2D eigenvalue weighted by Gasteiger charge is -2.32. The zero-order chi connectivity index (χ0) is 14.0. The first-order valence-electron chi connectivity index (χ1n) is 6.98. The second kappa shape index (κ2) is 5.65. The highest BCUT2D eigenvalue weighted by molar-refractivity contribution is 6.54. The molecule has 3 heteroatoms. The molecule has 1 aliphatic heterocycles. The standard InChI is InChI=1S/C15H27BO2/c1-8-9-10-13(11-12(2)3)16-17-14(4,5)15(6,7)18-16/h8-10H2,1-7H3. The fourth-order valence-corrected chi connectivity index (χ4v) is 1.91. The van der Waals surface area contributed by atoms with E-state index in [-0.39, 0.29) is 18.3 Å². The second-order valence-electron chi connectivity index (χ2n) is 6.34. The van der Waals surface area contributed by atoms with E-state index in [2.05, 4.69) is 54.2 Å². The normalized spacial score (nSPS) is 20.7. The second-order valence-corrected chi connectivity index (χ2v) is 6.34. The van der Waals surface area contributed by atoms with Crippen LogP contribution < -0.4 is 0 Å². The van der Waals surface area contributed by atoms with Gasteiger partial charge in [-0.25, -0.2) is 0 Å². The van der Waals surface area contributed by atoms with Gasteiger partial charge in [0.05, 0.1) is 11.2 Å². The van der Waals surface area contributed by atoms with E-state index < -0.39 is 0 Å². The highest BCUT2D eigenvalue weighted by Crippen LogP contribution is 2.39. The molecule has 1 saturated heterocycles. The quantitative estimate of drug-likeness (QED) is 0.547. The molecule has 1 aliphatic rings. The van der Waals surface area contributed by atoms with Crippen molar-refractivity contribution in [3.05, 3.63) is 16.8 Å². The van der Waals surface area contributed by atoms with Crippen LogP contribution in [0.5, 0.6) is 0 Å². The minimum atomic E-state index is -0.265. The van der Waals surface area contributed by atoms with E-state index in [1.54, 1.807) is 0 Å². The third kappa shape index (κ3) is 3.51. The maximum absolute atomic E-state index is 6.09. The molecule has 0 unspecified atom stereocenters. The molecule has 0 saturated carbocycles. The molecule has 0 N–H and O–H groups in total. The van der Waals surface area contributed by atoms with Crippen molar-refractivity contribution in [1.82, 2.24) is 0 Å². The number of hydrogen-bond acceptors (Lipinski definition) is 2. The number of hydrogen-bond donors (Lipinski definition) is 0. The van der Waals surface area contributed by atoms with Gasteiger partial charge in [-0.1, -0.05) is 13.3 Å². The van der Waals surface area contributed by atoms with Gasteiger partial charge < -0.3 is 9.31 Å². The highest BCUT2D eigenvalue weighted by Gasteiger charge is 2.52. The van der Waals surface area contributed by atoms with Crippen LogP contribution in [-0.2, 0) is 9.31 Å². The van der Waals surface area contributed by atoms with E-state index in [0.29, 0.717) is 0 Å². The summed E-state index contributed by atoms with van der Waals surface area (Å²) in [6.07, 6.45) is 3.33. The van der Waals surface area contributed by atoms with Crippen LogP contribution in [0, 0.1) is 0 Å². The van der Waals surface area contributed by atoms with E-state index in [1.807, 2.05) is 0 Å². The van der Waals surface area contributed by atoms with Gasteiger partial charge in [-0.05, 0) is 60.0 Å². The molecule has 0 aromatic heterocycles. The molecular formula is C15H27BO2. The Balaban J connectivity index is 2.95. The van der Waals surface area contributed by atoms with Crippen LogP contribution in [0.1, 0.15) is 67.7 Å². The highest BCUT2D eigenvalue weighted by atomic mass is 16.7. The third-order valence-corrected chi connectivity index (χ3v) is 3.75. The van der Waals surface area contributed by atoms with Crippen LogP contribution in [0.25, 0.3) is 0 Å². The summed E-state index contributed by atoms with van der Waals surface area (Å²) in [6, 6.07) is 0. The van der Waals surface area contributed by atoms with Crippen molar-refractivity contribution >= 4 is 7.12 Å². The summed E-state index contributed by atoms with van der Waals surface area (Å²) in [5.41, 5.74) is 5.21. The summed E-state index contributed by atoms with van der Waals surface area (Å²) in [4.78, 5) is 0. The Morgan fingerprint density at radius 2 is 1.56 bits per heavy atom. The van der Waals surface area contributed by atoms with Gasteiger partial charge in [0.1, 0.15) is 0 Å². The largest absolute Gasteiger partial charge is 0.498 e. The molecule has 18 heavy (non-hydrogen) atoms. The Bertz CT molecular complexity index is 343. The Morgan fingerprint density at radius 3 is 1.94 bits per heavy atom. The molecule has 1 fully saturated rings. The number of allylic oxidation sites excluding steroid dienone is 1. The van der Waals surface area contributed by atoms with E-state index in [4.69, 9.17) is 9.31 Å². The predicted molar refractivity (Wildman–Crippen MR) is 77.5 cm³/mol. The lowest BCUT2D eigenvalue weighted by atomic mass is 9.75. The predicted octanol–water partition coefficient (Wildman–Crippen LogP) is 4.30. The zero-order valence-corrected chi connectivity index (χ0v) is 13.0. The monoisotopic (exact) mass is 250 g/mol. The van der Waals surface area contributed by atoms with Gasteiger partial charge in [-0.3, -0.25) is 0 Å². The van der Waals surface area contributed by atoms with Gasteiger partial charge in [0.2, 0.25) is 0 Å². The molecule has 2 nitrogen and oxygen atoms in total. The first-order chi connectivity index (χ1) is 8.19. The summed E-state index contributed by atoms with van der Waals surface area (Å²) in [7, 11) is -0.239. The van der Waals surface area contributed by atoms with E-state index in [9.17, 15) is 0 Å². The fraction of sp³-hybridized carbons (Fsp3) is 0.800. The molecule has 0 bridgehead atoms. The van der Waals surface area contributed by atoms with Crippen molar-refractivity contribution in [2.45, 2.75) is 78.9 Å². The molecule has 0 aromatic carbocycles. The summed E-state index contributed by atoms with van der Waals surface area (Å²) in [5, 5.41) is 0. The Labute approximate surface area is 113 Å². The smallest absolute Gasteiger partial charge is 0.399 e. The molecule has 0 aromatic rings. The minimum Gasteiger partial charge on any atom is -0.399 e. The van der Waals surface area contributed by atoms with E-state index in [1.165, 1.54) is 12.0 Å². The lowest BCUT2D eigenvalue weighted by molar-refractivity contribution is 0.00578. The van der Waals surface area contributed by atoms with Gasteiger partial charge in [-0.15, -0.1) is 5.73 Å². The maximum atomic E-state index is 6.09. The molecule has 0 spiro atoms. The maximum Gasteiger partial charge on any atom is 0.498 e. The van der Waals surface area contributed by atoms with Crippen LogP contribution in [-0.4, -0.2) is 18.3 Å². The first-order valence-corrected chi connectivity index (χ1v) is 6.98. The Hall–Kier alpha value is -0.495. The Kier molecular flexibility index (Phi) is 4.88. The molecule has 1 heterocycles. The van der Waals surface area contributed by atoms with Crippen molar-refractivity contribution in [3.63, 3.8) is 0 Å². The van der Waals surface area contributed by atoms with Crippen molar-refractivity contribution in [2.75, 3.05) is 0 Å². The van der Waals surface area contributed by atoms with Gasteiger partial charge in [0, 0.05) is 5.47 Å². The zero-order valence-electron chi connectivity index (χ0n) is 13.0. The van der Waals surface area contributed by atoms with Gasteiger partial charge in [-0.2, -0.15) is 0 Å². The molecule has 0 aliphatic carbocycles. The van der Waals surface area contributed by atoms with E-state index in [0.717, 1.165) is 18.3 Å². The van der Waals surface area contributed by atoms with Crippen molar-refractivity contribution in [1.29, 1.82) is 0 Å². The van der Waals surface area contributed by atoms with Crippen LogP contribution in [0.4, 0.5) is 0 Å². The average molecular weight is 250 g/mol. The summed E-state index contributed by atoms with van der Waals surface area (Å²) < 4.78 is 12.2. The molecule has 1 rings (SSSR count). The van der Waals surface area contributed by atoms with Crippen LogP contribution in [0.2, 0.25) is 0 Å². The molecule has 0 amide bonds. The van der Waals surface area contributed by atoms with Gasteiger partial charge >= 0.3 is 7.12 Å². The van der Waals surface area contributed by atoms with Gasteiger partial charge in [0.15, 0.2) is 0 Å². The van der Waals surface area contributed by atoms with Crippen LogP contribution in [0.3, 0.4) is 0 Å². The molecule has 0 atom stereocenters. The summed E-state index contributed by atoms with van der Waals surface area (Å²) in [5.74, 6) is 0. The van der Waals surface area contributed by atoms with Crippen LogP contribution in [0.15, 0.2) is 16.8 Å². The SMILES string of the molecule is CCCCC(=C=C(C)C)B1OC(C)(C)C(C)(C)O1. The molecule has 0 radical (unpaired) electrons. The number of unbranched alkanes of at least 4 members (excludes halogenated alkanes) is 1. The summed E-state index contributed by atoms with van der Waals surface area (Å²) in [6.45, 7) is 14.7. The lowest BCUT2D eigenvalue weighted by Crippen LogP contribution is -2.41. The van der Waals surface area contributed by atoms with Gasteiger partial charge in [0.25, 0.3) is 0 Å². The topological polar surface area (TPSA) is 18.5 Å². The average Bonchev–Trinajstić information content (AvgIpc) is 2.42. The minimum absolute atomic E-state index is 0.239. The van der Waals surface area contributed by atoms with E-state index >= 15 is 0 Å². The summed E-state index contributed by atoms with van der Waals surface area (Å²) >= 11 is 0. The van der Waals surface area contributed by atoms with Crippen molar-refractivity contribution < 1.29 is 9.31 Å². The van der Waals surface area contributed by atoms with Crippen molar-refractivity contribution in [3.8, 4) is 0 Å². The van der Waals surface area contributed by atoms with Crippen molar-refractivity contribution in [2.24, 2.45) is 0 Å². The third-order valence-electron chi connectivity index (χ3n) is 3.75. The molecular weight excluding hydrogens is 223 g/mol. The molecule has 102 valence electrons. The fourth-order valence-electron chi connectivity index (χ4n) is 1.91. The Morgan fingerprint density at radius 1 is 1.06 bits per heavy atom.